The van der Waals surface area contributed by atoms with E-state index in [1.165, 1.54) is 11.3 Å². The van der Waals surface area contributed by atoms with Crippen LogP contribution in [0.25, 0.3) is 0 Å². The van der Waals surface area contributed by atoms with E-state index in [0.717, 1.165) is 24.1 Å². The first-order valence-corrected chi connectivity index (χ1v) is 11.1. The molecule has 1 amide bonds. The lowest BCUT2D eigenvalue weighted by atomic mass is 10.0. The molecule has 0 aliphatic carbocycles. The van der Waals surface area contributed by atoms with Gasteiger partial charge in [0.05, 0.1) is 9.77 Å². The summed E-state index contributed by atoms with van der Waals surface area (Å²) in [6.07, 6.45) is 2.83. The molecule has 2 aromatic rings. The Labute approximate surface area is 159 Å². The van der Waals surface area contributed by atoms with Crippen LogP contribution in [0, 0.1) is 6.92 Å². The van der Waals surface area contributed by atoms with Crippen molar-refractivity contribution in [3.05, 3.63) is 46.2 Å². The molecule has 7 heteroatoms. The lowest BCUT2D eigenvalue weighted by Crippen LogP contribution is -2.47. The van der Waals surface area contributed by atoms with Crippen LogP contribution in [-0.2, 0) is 10.0 Å². The Kier molecular flexibility index (Phi) is 5.50. The Hall–Kier alpha value is -1.70. The molecular formula is C19H24N2O3S2. The van der Waals surface area contributed by atoms with Gasteiger partial charge < -0.3 is 5.32 Å². The minimum atomic E-state index is -3.53. The van der Waals surface area contributed by atoms with E-state index in [0.29, 0.717) is 10.6 Å². The molecular weight excluding hydrogens is 368 g/mol. The molecule has 1 aromatic carbocycles. The smallest absolute Gasteiger partial charge is 0.265 e. The maximum absolute atomic E-state index is 13.0. The van der Waals surface area contributed by atoms with E-state index in [1.54, 1.807) is 34.6 Å². The van der Waals surface area contributed by atoms with E-state index in [-0.39, 0.29) is 22.9 Å². The summed E-state index contributed by atoms with van der Waals surface area (Å²) >= 11 is 1.43. The maximum atomic E-state index is 13.0. The van der Waals surface area contributed by atoms with Crippen LogP contribution in [-0.4, -0.2) is 30.7 Å². The van der Waals surface area contributed by atoms with Gasteiger partial charge in [0, 0.05) is 22.6 Å². The van der Waals surface area contributed by atoms with Gasteiger partial charge in [-0.05, 0) is 70.0 Å². The van der Waals surface area contributed by atoms with Gasteiger partial charge in [0.25, 0.3) is 5.91 Å². The minimum Gasteiger partial charge on any atom is -0.321 e. The van der Waals surface area contributed by atoms with Gasteiger partial charge in [0.15, 0.2) is 0 Å². The quantitative estimate of drug-likeness (QED) is 0.845. The number of amides is 1. The lowest BCUT2D eigenvalue weighted by Gasteiger charge is -2.37. The molecule has 0 spiro atoms. The van der Waals surface area contributed by atoms with Crippen LogP contribution in [0.3, 0.4) is 0 Å². The highest BCUT2D eigenvalue weighted by molar-refractivity contribution is 7.89. The van der Waals surface area contributed by atoms with Crippen molar-refractivity contribution in [3.8, 4) is 0 Å². The van der Waals surface area contributed by atoms with Crippen molar-refractivity contribution < 1.29 is 13.2 Å². The van der Waals surface area contributed by atoms with E-state index in [2.05, 4.69) is 5.32 Å². The zero-order valence-electron chi connectivity index (χ0n) is 15.2. The van der Waals surface area contributed by atoms with Gasteiger partial charge in [-0.25, -0.2) is 8.42 Å². The Morgan fingerprint density at radius 3 is 2.23 bits per heavy atom. The monoisotopic (exact) mass is 392 g/mol. The predicted molar refractivity (Wildman–Crippen MR) is 105 cm³/mol. The molecule has 2 unspecified atom stereocenters. The number of nitrogens with zero attached hydrogens (tertiary/aromatic N) is 1. The number of carbonyl (C=O) groups is 1. The number of aryl methyl sites for hydroxylation is 1. The summed E-state index contributed by atoms with van der Waals surface area (Å²) in [6.45, 7) is 5.87. The number of piperidine rings is 1. The van der Waals surface area contributed by atoms with Crippen LogP contribution in [0.4, 0.5) is 5.69 Å². The van der Waals surface area contributed by atoms with E-state index in [1.807, 2.05) is 26.8 Å². The third-order valence-corrected chi connectivity index (χ3v) is 7.91. The molecule has 1 aliphatic rings. The van der Waals surface area contributed by atoms with Crippen LogP contribution in [0.5, 0.6) is 0 Å². The second-order valence-electron chi connectivity index (χ2n) is 6.85. The van der Waals surface area contributed by atoms with Crippen molar-refractivity contribution in [2.75, 3.05) is 5.32 Å². The van der Waals surface area contributed by atoms with E-state index in [9.17, 15) is 13.2 Å². The lowest BCUT2D eigenvalue weighted by molar-refractivity contribution is 0.103. The highest BCUT2D eigenvalue weighted by Gasteiger charge is 2.35. The van der Waals surface area contributed by atoms with Crippen molar-refractivity contribution in [1.29, 1.82) is 0 Å². The summed E-state index contributed by atoms with van der Waals surface area (Å²) in [5.41, 5.74) is 0.583. The second-order valence-corrected chi connectivity index (χ2v) is 9.98. The molecule has 2 atom stereocenters. The molecule has 140 valence electrons. The summed E-state index contributed by atoms with van der Waals surface area (Å²) in [5, 5.41) is 2.81. The van der Waals surface area contributed by atoms with Crippen molar-refractivity contribution in [1.82, 2.24) is 4.31 Å². The molecule has 0 bridgehead atoms. The summed E-state index contributed by atoms with van der Waals surface area (Å²) in [5.74, 6) is -0.183. The van der Waals surface area contributed by atoms with Gasteiger partial charge in [-0.2, -0.15) is 4.31 Å². The van der Waals surface area contributed by atoms with Crippen LogP contribution >= 0.6 is 11.3 Å². The van der Waals surface area contributed by atoms with Crippen LogP contribution in [0.1, 0.15) is 47.7 Å². The average Bonchev–Trinajstić information content (AvgIpc) is 3.01. The third kappa shape index (κ3) is 3.84. The molecule has 1 N–H and O–H groups in total. The number of rotatable bonds is 4. The van der Waals surface area contributed by atoms with Crippen molar-refractivity contribution in [3.63, 3.8) is 0 Å². The summed E-state index contributed by atoms with van der Waals surface area (Å²) < 4.78 is 27.6. The van der Waals surface area contributed by atoms with E-state index in [4.69, 9.17) is 0 Å². The molecule has 1 fully saturated rings. The van der Waals surface area contributed by atoms with Gasteiger partial charge in [0.2, 0.25) is 10.0 Å². The molecule has 0 saturated carbocycles. The highest BCUT2D eigenvalue weighted by atomic mass is 32.2. The van der Waals surface area contributed by atoms with Crippen LogP contribution in [0.2, 0.25) is 0 Å². The standard InChI is InChI=1S/C19H24N2O3S2/c1-13-5-4-6-14(2)21(13)26(23,24)17-10-8-16(9-11-17)20-19(22)18-12-7-15(3)25-18/h7-14H,4-6H2,1-3H3,(H,20,22). The van der Waals surface area contributed by atoms with Gasteiger partial charge in [-0.3, -0.25) is 4.79 Å². The van der Waals surface area contributed by atoms with Crippen molar-refractivity contribution in [2.45, 2.75) is 57.0 Å². The van der Waals surface area contributed by atoms with Crippen molar-refractivity contribution in [2.24, 2.45) is 0 Å². The molecule has 3 rings (SSSR count). The Balaban J connectivity index is 1.77. The topological polar surface area (TPSA) is 66.5 Å². The summed E-state index contributed by atoms with van der Waals surface area (Å²) in [6, 6.07) is 10.1. The minimum absolute atomic E-state index is 0.00481. The van der Waals surface area contributed by atoms with E-state index >= 15 is 0 Å². The average molecular weight is 393 g/mol. The largest absolute Gasteiger partial charge is 0.321 e. The number of thiophene rings is 1. The first-order valence-electron chi connectivity index (χ1n) is 8.80. The fourth-order valence-electron chi connectivity index (χ4n) is 3.45. The van der Waals surface area contributed by atoms with Crippen molar-refractivity contribution >= 4 is 33.0 Å². The van der Waals surface area contributed by atoms with Gasteiger partial charge in [-0.1, -0.05) is 6.42 Å². The fraction of sp³-hybridized carbons (Fsp3) is 0.421. The zero-order chi connectivity index (χ0) is 18.9. The first-order chi connectivity index (χ1) is 12.3. The number of carbonyl (C=O) groups excluding carboxylic acids is 1. The Bertz CT molecular complexity index is 878. The normalized spacial score (nSPS) is 21.5. The molecule has 2 heterocycles. The van der Waals surface area contributed by atoms with Crippen LogP contribution in [0.15, 0.2) is 41.3 Å². The van der Waals surface area contributed by atoms with Gasteiger partial charge in [-0.15, -0.1) is 11.3 Å². The zero-order valence-corrected chi connectivity index (χ0v) is 16.9. The first kappa shape index (κ1) is 19.1. The Morgan fingerprint density at radius 1 is 1.08 bits per heavy atom. The second kappa shape index (κ2) is 7.50. The molecule has 0 radical (unpaired) electrons. The number of nitrogens with one attached hydrogen (secondary N) is 1. The van der Waals surface area contributed by atoms with E-state index < -0.39 is 10.0 Å². The number of sulfonamides is 1. The van der Waals surface area contributed by atoms with Gasteiger partial charge >= 0.3 is 0 Å². The van der Waals surface area contributed by atoms with Gasteiger partial charge in [0.1, 0.15) is 0 Å². The maximum Gasteiger partial charge on any atom is 0.265 e. The molecule has 1 aromatic heterocycles. The number of hydrogen-bond acceptors (Lipinski definition) is 4. The molecule has 1 aliphatic heterocycles. The predicted octanol–water partition coefficient (Wildman–Crippen LogP) is 4.26. The summed E-state index contributed by atoms with van der Waals surface area (Å²) in [7, 11) is -3.53. The SMILES string of the molecule is Cc1ccc(C(=O)Nc2ccc(S(=O)(=O)N3C(C)CCCC3C)cc2)s1. The Morgan fingerprint density at radius 2 is 1.69 bits per heavy atom. The fourth-order valence-corrected chi connectivity index (χ4v) is 6.10. The number of benzene rings is 1. The third-order valence-electron chi connectivity index (χ3n) is 4.76. The highest BCUT2D eigenvalue weighted by Crippen LogP contribution is 2.30. The molecule has 1 saturated heterocycles. The number of hydrogen-bond donors (Lipinski definition) is 1. The molecule has 26 heavy (non-hydrogen) atoms. The molecule has 5 nitrogen and oxygen atoms in total. The summed E-state index contributed by atoms with van der Waals surface area (Å²) in [4.78, 5) is 14.2. The number of anilines is 1. The van der Waals surface area contributed by atoms with Crippen LogP contribution < -0.4 is 5.32 Å².